The second-order valence-corrected chi connectivity index (χ2v) is 4.90. The number of rotatable bonds is 4. The first-order valence-corrected chi connectivity index (χ1v) is 6.37. The highest BCUT2D eigenvalue weighted by Gasteiger charge is 2.12. The zero-order chi connectivity index (χ0) is 13.1. The third-order valence-corrected chi connectivity index (χ3v) is 3.19. The topological polar surface area (TPSA) is 48.1 Å². The molecule has 3 nitrogen and oxygen atoms in total. The molecule has 0 aliphatic carbocycles. The number of hydrogen-bond donors (Lipinski definition) is 1. The van der Waals surface area contributed by atoms with E-state index in [-0.39, 0.29) is 6.10 Å². The highest BCUT2D eigenvalue weighted by molar-refractivity contribution is 5.85. The van der Waals surface area contributed by atoms with E-state index in [9.17, 15) is 0 Å². The predicted molar refractivity (Wildman–Crippen MR) is 74.6 cm³/mol. The lowest BCUT2D eigenvalue weighted by Gasteiger charge is -2.19. The van der Waals surface area contributed by atoms with Gasteiger partial charge in [-0.25, -0.2) is 0 Å². The first-order valence-electron chi connectivity index (χ1n) is 6.37. The summed E-state index contributed by atoms with van der Waals surface area (Å²) in [6.07, 6.45) is 0.168. The lowest BCUT2D eigenvalue weighted by molar-refractivity contribution is 0.172. The Morgan fingerprint density at radius 1 is 1.22 bits per heavy atom. The lowest BCUT2D eigenvalue weighted by Crippen LogP contribution is -2.19. The Morgan fingerprint density at radius 2 is 1.94 bits per heavy atom. The van der Waals surface area contributed by atoms with Gasteiger partial charge in [0.1, 0.15) is 5.75 Å². The first-order chi connectivity index (χ1) is 8.61. The van der Waals surface area contributed by atoms with Crippen LogP contribution in [0.2, 0.25) is 0 Å². The van der Waals surface area contributed by atoms with Crippen molar-refractivity contribution < 1.29 is 4.74 Å². The van der Waals surface area contributed by atoms with E-state index in [2.05, 4.69) is 25.8 Å². The average Bonchev–Trinajstić information content (AvgIpc) is 2.38. The zero-order valence-electron chi connectivity index (χ0n) is 11.2. The Kier molecular flexibility index (Phi) is 3.82. The molecule has 0 bridgehead atoms. The Bertz CT molecular complexity index is 537. The second-order valence-electron chi connectivity index (χ2n) is 4.90. The Labute approximate surface area is 108 Å². The summed E-state index contributed by atoms with van der Waals surface area (Å²) < 4.78 is 6.04. The third kappa shape index (κ3) is 2.62. The molecular formula is C15H20N2O. The maximum atomic E-state index is 6.04. The van der Waals surface area contributed by atoms with Crippen LogP contribution in [0.3, 0.4) is 0 Å². The number of ether oxygens (including phenoxy) is 1. The fourth-order valence-electron chi connectivity index (χ4n) is 1.73. The number of hydrogen-bond acceptors (Lipinski definition) is 3. The monoisotopic (exact) mass is 244 g/mol. The molecule has 2 N–H and O–H groups in total. The number of nitrogens with zero attached hydrogens (tertiary/aromatic N) is 1. The van der Waals surface area contributed by atoms with E-state index in [1.807, 2.05) is 30.3 Å². The number of para-hydroxylation sites is 1. The van der Waals surface area contributed by atoms with Gasteiger partial charge in [-0.05, 0) is 25.0 Å². The fraction of sp³-hybridized carbons (Fsp3) is 0.400. The van der Waals surface area contributed by atoms with E-state index in [4.69, 9.17) is 10.5 Å². The lowest BCUT2D eigenvalue weighted by atomic mass is 10.1. The molecule has 1 aromatic heterocycles. The van der Waals surface area contributed by atoms with Gasteiger partial charge in [0, 0.05) is 18.0 Å². The van der Waals surface area contributed by atoms with Gasteiger partial charge in [0.2, 0.25) is 0 Å². The molecular weight excluding hydrogens is 224 g/mol. The molecule has 0 spiro atoms. The van der Waals surface area contributed by atoms with Crippen molar-refractivity contribution in [2.75, 3.05) is 0 Å². The molecule has 0 fully saturated rings. The van der Waals surface area contributed by atoms with E-state index in [0.717, 1.165) is 22.3 Å². The summed E-state index contributed by atoms with van der Waals surface area (Å²) in [5.74, 6) is 1.35. The molecule has 2 rings (SSSR count). The third-order valence-electron chi connectivity index (χ3n) is 3.19. The Balaban J connectivity index is 2.47. The molecule has 1 heterocycles. The molecule has 0 aliphatic rings. The van der Waals surface area contributed by atoms with E-state index in [1.54, 1.807) is 0 Å². The van der Waals surface area contributed by atoms with Crippen LogP contribution in [-0.4, -0.2) is 11.1 Å². The van der Waals surface area contributed by atoms with Crippen molar-refractivity contribution in [1.82, 2.24) is 4.98 Å². The van der Waals surface area contributed by atoms with Crippen LogP contribution in [0, 0.1) is 5.92 Å². The number of aromatic nitrogens is 1. The number of benzene rings is 1. The number of nitrogens with two attached hydrogens (primary N) is 1. The smallest absolute Gasteiger partial charge is 0.130 e. The minimum Gasteiger partial charge on any atom is -0.490 e. The van der Waals surface area contributed by atoms with Gasteiger partial charge in [-0.3, -0.25) is 4.98 Å². The molecule has 0 saturated heterocycles. The summed E-state index contributed by atoms with van der Waals surface area (Å²) in [6, 6.07) is 9.94. The number of pyridine rings is 1. The second kappa shape index (κ2) is 5.36. The zero-order valence-corrected chi connectivity index (χ0v) is 11.2. The summed E-state index contributed by atoms with van der Waals surface area (Å²) in [7, 11) is 0. The van der Waals surface area contributed by atoms with Gasteiger partial charge < -0.3 is 10.5 Å². The van der Waals surface area contributed by atoms with Gasteiger partial charge in [-0.2, -0.15) is 0 Å². The van der Waals surface area contributed by atoms with Crippen LogP contribution < -0.4 is 10.5 Å². The largest absolute Gasteiger partial charge is 0.490 e. The van der Waals surface area contributed by atoms with E-state index < -0.39 is 0 Å². The fourth-order valence-corrected chi connectivity index (χ4v) is 1.73. The average molecular weight is 244 g/mol. The van der Waals surface area contributed by atoms with Crippen molar-refractivity contribution in [3.05, 3.63) is 36.0 Å². The molecule has 96 valence electrons. The van der Waals surface area contributed by atoms with Gasteiger partial charge >= 0.3 is 0 Å². The molecule has 1 aromatic carbocycles. The van der Waals surface area contributed by atoms with Gasteiger partial charge in [0.05, 0.1) is 17.3 Å². The van der Waals surface area contributed by atoms with Crippen molar-refractivity contribution in [2.24, 2.45) is 11.7 Å². The Hall–Kier alpha value is -1.61. The van der Waals surface area contributed by atoms with Crippen LogP contribution in [0.4, 0.5) is 0 Å². The highest BCUT2D eigenvalue weighted by Crippen LogP contribution is 2.27. The molecule has 18 heavy (non-hydrogen) atoms. The SMILES string of the molecule is CC(C)C(C)Oc1cc(CN)nc2ccccc12. The molecule has 0 radical (unpaired) electrons. The molecule has 1 atom stereocenters. The summed E-state index contributed by atoms with van der Waals surface area (Å²) in [5, 5.41) is 1.04. The molecule has 3 heteroatoms. The summed E-state index contributed by atoms with van der Waals surface area (Å²) >= 11 is 0. The molecule has 0 saturated carbocycles. The van der Waals surface area contributed by atoms with E-state index >= 15 is 0 Å². The van der Waals surface area contributed by atoms with Crippen LogP contribution >= 0.6 is 0 Å². The number of fused-ring (bicyclic) bond motifs is 1. The van der Waals surface area contributed by atoms with Crippen LogP contribution in [0.5, 0.6) is 5.75 Å². The van der Waals surface area contributed by atoms with Gasteiger partial charge in [-0.15, -0.1) is 0 Å². The minimum absolute atomic E-state index is 0.168. The molecule has 1 unspecified atom stereocenters. The minimum atomic E-state index is 0.168. The quantitative estimate of drug-likeness (QED) is 0.899. The summed E-state index contributed by atoms with van der Waals surface area (Å²) in [6.45, 7) is 6.81. The molecule has 0 amide bonds. The van der Waals surface area contributed by atoms with E-state index in [1.165, 1.54) is 0 Å². The Morgan fingerprint density at radius 3 is 2.61 bits per heavy atom. The standard InChI is InChI=1S/C15H20N2O/c1-10(2)11(3)18-15-8-12(9-16)17-14-7-5-4-6-13(14)15/h4-8,10-11H,9,16H2,1-3H3. The highest BCUT2D eigenvalue weighted by atomic mass is 16.5. The predicted octanol–water partition coefficient (Wildman–Crippen LogP) is 3.12. The van der Waals surface area contributed by atoms with Gasteiger partial charge in [0.25, 0.3) is 0 Å². The first kappa shape index (κ1) is 12.8. The van der Waals surface area contributed by atoms with Crippen molar-refractivity contribution in [1.29, 1.82) is 0 Å². The van der Waals surface area contributed by atoms with Crippen molar-refractivity contribution in [3.8, 4) is 5.75 Å². The van der Waals surface area contributed by atoms with Crippen molar-refractivity contribution >= 4 is 10.9 Å². The van der Waals surface area contributed by atoms with Crippen LogP contribution in [0.1, 0.15) is 26.5 Å². The van der Waals surface area contributed by atoms with E-state index in [0.29, 0.717) is 12.5 Å². The summed E-state index contributed by atoms with van der Waals surface area (Å²) in [5.41, 5.74) is 7.48. The van der Waals surface area contributed by atoms with Gasteiger partial charge in [0.15, 0.2) is 0 Å². The summed E-state index contributed by atoms with van der Waals surface area (Å²) in [4.78, 5) is 4.50. The van der Waals surface area contributed by atoms with Crippen LogP contribution in [0.25, 0.3) is 10.9 Å². The van der Waals surface area contributed by atoms with Crippen LogP contribution in [0.15, 0.2) is 30.3 Å². The normalized spacial score (nSPS) is 12.9. The maximum absolute atomic E-state index is 6.04. The van der Waals surface area contributed by atoms with Crippen molar-refractivity contribution in [2.45, 2.75) is 33.4 Å². The van der Waals surface area contributed by atoms with Gasteiger partial charge in [-0.1, -0.05) is 26.0 Å². The molecule has 0 aliphatic heterocycles. The maximum Gasteiger partial charge on any atom is 0.130 e. The van der Waals surface area contributed by atoms with Crippen molar-refractivity contribution in [3.63, 3.8) is 0 Å². The molecule has 2 aromatic rings. The van der Waals surface area contributed by atoms with Crippen LogP contribution in [-0.2, 0) is 6.54 Å².